The van der Waals surface area contributed by atoms with Crippen LogP contribution >= 0.6 is 15.9 Å². The second kappa shape index (κ2) is 9.30. The van der Waals surface area contributed by atoms with Crippen molar-refractivity contribution >= 4 is 27.8 Å². The van der Waals surface area contributed by atoms with Gasteiger partial charge in [0, 0.05) is 23.9 Å². The summed E-state index contributed by atoms with van der Waals surface area (Å²) in [4.78, 5) is 22.1. The molecule has 122 valence electrons. The van der Waals surface area contributed by atoms with Crippen LogP contribution in [0.1, 0.15) is 31.2 Å². The van der Waals surface area contributed by atoms with E-state index >= 15 is 0 Å². The average Bonchev–Trinajstić information content (AvgIpc) is 2.49. The van der Waals surface area contributed by atoms with E-state index < -0.39 is 5.97 Å². The molecule has 1 aromatic carbocycles. The highest BCUT2D eigenvalue weighted by molar-refractivity contribution is 9.10. The molecule has 0 aliphatic rings. The van der Waals surface area contributed by atoms with E-state index in [1.54, 1.807) is 26.4 Å². The number of ether oxygens (including phenoxy) is 2. The zero-order chi connectivity index (χ0) is 16.5. The average molecular weight is 374 g/mol. The fourth-order valence-electron chi connectivity index (χ4n) is 1.88. The van der Waals surface area contributed by atoms with Crippen molar-refractivity contribution in [3.8, 4) is 11.5 Å². The minimum Gasteiger partial charge on any atom is -0.493 e. The molecule has 0 aliphatic carbocycles. The van der Waals surface area contributed by atoms with Crippen molar-refractivity contribution in [1.82, 2.24) is 5.32 Å². The zero-order valence-electron chi connectivity index (χ0n) is 12.6. The van der Waals surface area contributed by atoms with E-state index in [1.165, 1.54) is 0 Å². The molecular weight excluding hydrogens is 354 g/mol. The molecule has 2 N–H and O–H groups in total. The van der Waals surface area contributed by atoms with Crippen LogP contribution in [-0.2, 0) is 16.1 Å². The lowest BCUT2D eigenvalue weighted by Gasteiger charge is -2.12. The summed E-state index contributed by atoms with van der Waals surface area (Å²) in [5, 5.41) is 11.3. The summed E-state index contributed by atoms with van der Waals surface area (Å²) in [6, 6.07) is 3.58. The van der Waals surface area contributed by atoms with Crippen molar-refractivity contribution in [1.29, 1.82) is 0 Å². The van der Waals surface area contributed by atoms with Crippen LogP contribution in [0.15, 0.2) is 16.6 Å². The minimum atomic E-state index is -0.838. The first-order valence-corrected chi connectivity index (χ1v) is 7.66. The lowest BCUT2D eigenvalue weighted by atomic mass is 10.1. The normalized spacial score (nSPS) is 10.1. The Balaban J connectivity index is 2.50. The summed E-state index contributed by atoms with van der Waals surface area (Å²) >= 11 is 3.43. The Morgan fingerprint density at radius 2 is 1.73 bits per heavy atom. The van der Waals surface area contributed by atoms with Gasteiger partial charge < -0.3 is 19.9 Å². The quantitative estimate of drug-likeness (QED) is 0.650. The monoisotopic (exact) mass is 373 g/mol. The van der Waals surface area contributed by atoms with Gasteiger partial charge in [-0.05, 0) is 30.5 Å². The SMILES string of the molecule is COc1cc(Br)c(CNC(=O)CCCCC(=O)O)cc1OC. The number of rotatable bonds is 9. The Morgan fingerprint density at radius 3 is 2.32 bits per heavy atom. The fraction of sp³-hybridized carbons (Fsp3) is 0.467. The third-order valence-electron chi connectivity index (χ3n) is 3.07. The molecule has 0 spiro atoms. The molecule has 1 rings (SSSR count). The number of hydrogen-bond acceptors (Lipinski definition) is 4. The van der Waals surface area contributed by atoms with E-state index in [4.69, 9.17) is 14.6 Å². The van der Waals surface area contributed by atoms with Crippen molar-refractivity contribution in [2.75, 3.05) is 14.2 Å². The van der Waals surface area contributed by atoms with Crippen LogP contribution in [0.4, 0.5) is 0 Å². The molecule has 22 heavy (non-hydrogen) atoms. The number of aliphatic carboxylic acids is 1. The molecule has 0 fully saturated rings. The molecule has 0 heterocycles. The molecular formula is C15H20BrNO5. The predicted octanol–water partition coefficient (Wildman–Crippen LogP) is 2.73. The molecule has 1 aromatic rings. The van der Waals surface area contributed by atoms with Crippen LogP contribution in [0.2, 0.25) is 0 Å². The van der Waals surface area contributed by atoms with Gasteiger partial charge in [-0.25, -0.2) is 0 Å². The van der Waals surface area contributed by atoms with Crippen molar-refractivity contribution in [3.63, 3.8) is 0 Å². The van der Waals surface area contributed by atoms with Crippen LogP contribution in [0.5, 0.6) is 11.5 Å². The molecule has 0 bridgehead atoms. The molecule has 7 heteroatoms. The Bertz CT molecular complexity index is 533. The molecule has 0 saturated heterocycles. The van der Waals surface area contributed by atoms with Crippen LogP contribution in [0.25, 0.3) is 0 Å². The number of benzene rings is 1. The van der Waals surface area contributed by atoms with Gasteiger partial charge in [0.2, 0.25) is 5.91 Å². The molecule has 0 saturated carbocycles. The number of halogens is 1. The minimum absolute atomic E-state index is 0.0918. The van der Waals surface area contributed by atoms with Crippen molar-refractivity contribution in [2.45, 2.75) is 32.2 Å². The summed E-state index contributed by atoms with van der Waals surface area (Å²) in [6.45, 7) is 0.360. The van der Waals surface area contributed by atoms with E-state index in [9.17, 15) is 9.59 Å². The van der Waals surface area contributed by atoms with Crippen LogP contribution in [0, 0.1) is 0 Å². The highest BCUT2D eigenvalue weighted by atomic mass is 79.9. The molecule has 0 unspecified atom stereocenters. The number of carboxylic acid groups (broad SMARTS) is 1. The Labute approximate surface area is 137 Å². The largest absolute Gasteiger partial charge is 0.493 e. The van der Waals surface area contributed by atoms with Gasteiger partial charge >= 0.3 is 5.97 Å². The second-order valence-corrected chi connectivity index (χ2v) is 5.53. The second-order valence-electron chi connectivity index (χ2n) is 4.68. The van der Waals surface area contributed by atoms with E-state index in [1.807, 2.05) is 0 Å². The van der Waals surface area contributed by atoms with E-state index in [-0.39, 0.29) is 12.3 Å². The van der Waals surface area contributed by atoms with Gasteiger partial charge in [0.05, 0.1) is 14.2 Å². The van der Waals surface area contributed by atoms with Crippen LogP contribution in [-0.4, -0.2) is 31.2 Å². The fourth-order valence-corrected chi connectivity index (χ4v) is 2.34. The van der Waals surface area contributed by atoms with Crippen LogP contribution < -0.4 is 14.8 Å². The van der Waals surface area contributed by atoms with Gasteiger partial charge in [0.1, 0.15) is 0 Å². The summed E-state index contributed by atoms with van der Waals surface area (Å²) in [6.07, 6.45) is 1.47. The highest BCUT2D eigenvalue weighted by Gasteiger charge is 2.10. The lowest BCUT2D eigenvalue weighted by molar-refractivity contribution is -0.137. The van der Waals surface area contributed by atoms with E-state index in [2.05, 4.69) is 21.2 Å². The van der Waals surface area contributed by atoms with Crippen molar-refractivity contribution in [3.05, 3.63) is 22.2 Å². The number of amides is 1. The summed E-state index contributed by atoms with van der Waals surface area (Å²) in [5.74, 6) is 0.260. The summed E-state index contributed by atoms with van der Waals surface area (Å²) in [7, 11) is 3.11. The van der Waals surface area contributed by atoms with Gasteiger partial charge in [-0.15, -0.1) is 0 Å². The van der Waals surface area contributed by atoms with Gasteiger partial charge in [-0.2, -0.15) is 0 Å². The van der Waals surface area contributed by atoms with Gasteiger partial charge in [-0.3, -0.25) is 9.59 Å². The maximum Gasteiger partial charge on any atom is 0.303 e. The number of unbranched alkanes of at least 4 members (excludes halogenated alkanes) is 1. The third-order valence-corrected chi connectivity index (χ3v) is 3.81. The number of carbonyl (C=O) groups excluding carboxylic acids is 1. The number of methoxy groups -OCH3 is 2. The standard InChI is InChI=1S/C15H20BrNO5/c1-21-12-7-10(11(16)8-13(12)22-2)9-17-14(18)5-3-4-6-15(19)20/h7-8H,3-6,9H2,1-2H3,(H,17,18)(H,19,20). The topological polar surface area (TPSA) is 84.9 Å². The molecule has 6 nitrogen and oxygen atoms in total. The van der Waals surface area contributed by atoms with Gasteiger partial charge in [0.25, 0.3) is 0 Å². The van der Waals surface area contributed by atoms with Crippen molar-refractivity contribution < 1.29 is 24.2 Å². The number of hydrogen-bond donors (Lipinski definition) is 2. The van der Waals surface area contributed by atoms with Crippen molar-refractivity contribution in [2.24, 2.45) is 0 Å². The molecule has 0 aromatic heterocycles. The Morgan fingerprint density at radius 1 is 1.14 bits per heavy atom. The maximum atomic E-state index is 11.7. The van der Waals surface area contributed by atoms with E-state index in [0.29, 0.717) is 37.3 Å². The van der Waals surface area contributed by atoms with Gasteiger partial charge in [-0.1, -0.05) is 15.9 Å². The smallest absolute Gasteiger partial charge is 0.303 e. The summed E-state index contributed by atoms with van der Waals surface area (Å²) in [5.41, 5.74) is 0.872. The van der Waals surface area contributed by atoms with Crippen LogP contribution in [0.3, 0.4) is 0 Å². The predicted molar refractivity (Wildman–Crippen MR) is 85.2 cm³/mol. The zero-order valence-corrected chi connectivity index (χ0v) is 14.2. The lowest BCUT2D eigenvalue weighted by Crippen LogP contribution is -2.22. The summed E-state index contributed by atoms with van der Waals surface area (Å²) < 4.78 is 11.2. The highest BCUT2D eigenvalue weighted by Crippen LogP contribution is 2.33. The molecule has 0 aliphatic heterocycles. The number of carbonyl (C=O) groups is 2. The number of nitrogens with one attached hydrogen (secondary N) is 1. The maximum absolute atomic E-state index is 11.7. The Hall–Kier alpha value is -1.76. The molecule has 1 amide bonds. The first kappa shape index (κ1) is 18.3. The first-order valence-electron chi connectivity index (χ1n) is 6.86. The Kier molecular flexibility index (Phi) is 7.73. The molecule has 0 radical (unpaired) electrons. The van der Waals surface area contributed by atoms with E-state index in [0.717, 1.165) is 10.0 Å². The van der Waals surface area contributed by atoms with Gasteiger partial charge in [0.15, 0.2) is 11.5 Å². The third kappa shape index (κ3) is 5.93. The number of carboxylic acids is 1. The first-order chi connectivity index (χ1) is 10.5. The molecule has 0 atom stereocenters.